The molecule has 0 unspecified atom stereocenters. The summed E-state index contributed by atoms with van der Waals surface area (Å²) < 4.78 is 27.7. The highest BCUT2D eigenvalue weighted by Gasteiger charge is 2.29. The Morgan fingerprint density at radius 2 is 1.68 bits per heavy atom. The number of sulfonamides is 1. The lowest BCUT2D eigenvalue weighted by Gasteiger charge is -2.32. The van der Waals surface area contributed by atoms with Crippen molar-refractivity contribution in [1.82, 2.24) is 9.21 Å². The predicted octanol–water partition coefficient (Wildman–Crippen LogP) is 3.79. The molecule has 5 nitrogen and oxygen atoms in total. The van der Waals surface area contributed by atoms with E-state index in [1.165, 1.54) is 4.31 Å². The number of halogens is 1. The monoisotopic (exact) mass is 420 g/mol. The van der Waals surface area contributed by atoms with Crippen molar-refractivity contribution >= 4 is 27.5 Å². The van der Waals surface area contributed by atoms with Gasteiger partial charge in [-0.1, -0.05) is 48.9 Å². The van der Waals surface area contributed by atoms with Crippen LogP contribution in [0.3, 0.4) is 0 Å². The largest absolute Gasteiger partial charge is 0.342 e. The van der Waals surface area contributed by atoms with E-state index < -0.39 is 10.0 Å². The second-order valence-electron chi connectivity index (χ2n) is 7.28. The lowest BCUT2D eigenvalue weighted by atomic mass is 9.99. The van der Waals surface area contributed by atoms with E-state index in [1.807, 2.05) is 0 Å². The maximum Gasteiger partial charge on any atom is 0.243 e. The summed E-state index contributed by atoms with van der Waals surface area (Å²) in [6.45, 7) is 3.48. The van der Waals surface area contributed by atoms with E-state index in [1.54, 1.807) is 59.5 Å². The third-order valence-electron chi connectivity index (χ3n) is 5.10. The minimum atomic E-state index is -3.80. The highest BCUT2D eigenvalue weighted by atomic mass is 35.5. The number of carbonyl (C=O) groups is 1. The third-order valence-corrected chi connectivity index (χ3v) is 7.16. The normalized spacial score (nSPS) is 15.8. The van der Waals surface area contributed by atoms with Crippen LogP contribution < -0.4 is 0 Å². The van der Waals surface area contributed by atoms with Gasteiger partial charge >= 0.3 is 0 Å². The molecular weight excluding hydrogens is 396 g/mol. The fraction of sp³-hybridized carbons (Fsp3) is 0.381. The molecule has 0 bridgehead atoms. The average molecular weight is 421 g/mol. The molecule has 3 rings (SSSR count). The van der Waals surface area contributed by atoms with Gasteiger partial charge in [-0.3, -0.25) is 4.79 Å². The molecule has 7 heteroatoms. The number of hydrogen-bond acceptors (Lipinski definition) is 3. The Balaban J connectivity index is 1.83. The number of benzene rings is 2. The lowest BCUT2D eigenvalue weighted by molar-refractivity contribution is -0.132. The van der Waals surface area contributed by atoms with E-state index in [4.69, 9.17) is 11.6 Å². The van der Waals surface area contributed by atoms with Gasteiger partial charge in [0.05, 0.1) is 11.4 Å². The van der Waals surface area contributed by atoms with E-state index in [2.05, 4.69) is 6.92 Å². The maximum absolute atomic E-state index is 13.2. The maximum atomic E-state index is 13.2. The Morgan fingerprint density at radius 3 is 2.29 bits per heavy atom. The zero-order valence-corrected chi connectivity index (χ0v) is 17.5. The molecule has 0 saturated carbocycles. The zero-order valence-electron chi connectivity index (χ0n) is 15.9. The minimum Gasteiger partial charge on any atom is -0.342 e. The van der Waals surface area contributed by atoms with Crippen LogP contribution in [-0.2, 0) is 21.4 Å². The van der Waals surface area contributed by atoms with Gasteiger partial charge in [0.25, 0.3) is 0 Å². The zero-order chi connectivity index (χ0) is 20.1. The Labute approximate surface area is 172 Å². The van der Waals surface area contributed by atoms with Gasteiger partial charge in [-0.25, -0.2) is 8.42 Å². The highest BCUT2D eigenvalue weighted by Crippen LogP contribution is 2.21. The van der Waals surface area contributed by atoms with Gasteiger partial charge in [-0.2, -0.15) is 4.31 Å². The minimum absolute atomic E-state index is 0.115. The van der Waals surface area contributed by atoms with Crippen molar-refractivity contribution in [3.8, 4) is 0 Å². The Bertz CT molecular complexity index is 893. The van der Waals surface area contributed by atoms with Crippen molar-refractivity contribution in [2.75, 3.05) is 19.6 Å². The second kappa shape index (κ2) is 9.07. The molecule has 0 aliphatic carbocycles. The first-order chi connectivity index (χ1) is 13.4. The molecule has 1 fully saturated rings. The summed E-state index contributed by atoms with van der Waals surface area (Å²) in [6, 6.07) is 15.2. The smallest absolute Gasteiger partial charge is 0.243 e. The fourth-order valence-corrected chi connectivity index (χ4v) is 4.79. The Kier molecular flexibility index (Phi) is 6.75. The van der Waals surface area contributed by atoms with Crippen molar-refractivity contribution in [2.45, 2.75) is 31.2 Å². The molecule has 2 aromatic carbocycles. The Morgan fingerprint density at radius 1 is 1.07 bits per heavy atom. The van der Waals surface area contributed by atoms with Crippen molar-refractivity contribution in [3.63, 3.8) is 0 Å². The summed E-state index contributed by atoms with van der Waals surface area (Å²) in [4.78, 5) is 14.8. The van der Waals surface area contributed by atoms with Gasteiger partial charge in [0.15, 0.2) is 0 Å². The molecule has 1 aliphatic heterocycles. The molecule has 1 amide bonds. The van der Waals surface area contributed by atoms with Crippen LogP contribution >= 0.6 is 11.6 Å². The standard InChI is InChI=1S/C21H25ClN2O3S/c1-17-11-13-23(14-12-17)21(25)16-24(15-18-7-9-19(22)10-8-18)28(26,27)20-5-3-2-4-6-20/h2-10,17H,11-16H2,1H3. The van der Waals surface area contributed by atoms with Crippen molar-refractivity contribution < 1.29 is 13.2 Å². The van der Waals surface area contributed by atoms with E-state index >= 15 is 0 Å². The fourth-order valence-electron chi connectivity index (χ4n) is 3.27. The number of likely N-dealkylation sites (tertiary alicyclic amines) is 1. The average Bonchev–Trinajstić information content (AvgIpc) is 2.70. The molecule has 0 spiro atoms. The second-order valence-corrected chi connectivity index (χ2v) is 9.65. The topological polar surface area (TPSA) is 57.7 Å². The molecular formula is C21H25ClN2O3S. The van der Waals surface area contributed by atoms with Crippen LogP contribution in [-0.4, -0.2) is 43.2 Å². The van der Waals surface area contributed by atoms with Crippen LogP contribution in [0.2, 0.25) is 5.02 Å². The van der Waals surface area contributed by atoms with E-state index in [0.717, 1.165) is 18.4 Å². The molecule has 0 atom stereocenters. The van der Waals surface area contributed by atoms with Gasteiger partial charge in [0.2, 0.25) is 15.9 Å². The van der Waals surface area contributed by atoms with Crippen LogP contribution in [0.25, 0.3) is 0 Å². The molecule has 0 N–H and O–H groups in total. The molecule has 0 aromatic heterocycles. The van der Waals surface area contributed by atoms with Gasteiger partial charge in [-0.15, -0.1) is 0 Å². The van der Waals surface area contributed by atoms with Gasteiger partial charge in [-0.05, 0) is 48.6 Å². The van der Waals surface area contributed by atoms with E-state index in [9.17, 15) is 13.2 Å². The van der Waals surface area contributed by atoms with Gasteiger partial charge in [0.1, 0.15) is 0 Å². The Hall–Kier alpha value is -1.89. The first kappa shape index (κ1) is 20.8. The third kappa shape index (κ3) is 5.13. The number of nitrogens with zero attached hydrogens (tertiary/aromatic N) is 2. The summed E-state index contributed by atoms with van der Waals surface area (Å²) in [5, 5.41) is 0.583. The van der Waals surface area contributed by atoms with E-state index in [-0.39, 0.29) is 23.9 Å². The summed E-state index contributed by atoms with van der Waals surface area (Å²) >= 11 is 5.94. The lowest BCUT2D eigenvalue weighted by Crippen LogP contribution is -2.45. The van der Waals surface area contributed by atoms with Crippen molar-refractivity contribution in [3.05, 3.63) is 65.2 Å². The SMILES string of the molecule is CC1CCN(C(=O)CN(Cc2ccc(Cl)cc2)S(=O)(=O)c2ccccc2)CC1. The van der Waals surface area contributed by atoms with Crippen LogP contribution in [0.5, 0.6) is 0 Å². The van der Waals surface area contributed by atoms with Gasteiger partial charge in [0, 0.05) is 24.7 Å². The number of hydrogen-bond donors (Lipinski definition) is 0. The molecule has 1 saturated heterocycles. The quantitative estimate of drug-likeness (QED) is 0.714. The molecule has 150 valence electrons. The summed E-state index contributed by atoms with van der Waals surface area (Å²) in [6.07, 6.45) is 1.91. The summed E-state index contributed by atoms with van der Waals surface area (Å²) in [5.74, 6) is 0.447. The molecule has 0 radical (unpaired) electrons. The van der Waals surface area contributed by atoms with Crippen LogP contribution in [0.15, 0.2) is 59.5 Å². The predicted molar refractivity (Wildman–Crippen MR) is 110 cm³/mol. The molecule has 2 aromatic rings. The summed E-state index contributed by atoms with van der Waals surface area (Å²) in [5.41, 5.74) is 0.781. The van der Waals surface area contributed by atoms with Crippen molar-refractivity contribution in [2.24, 2.45) is 5.92 Å². The highest BCUT2D eigenvalue weighted by molar-refractivity contribution is 7.89. The van der Waals surface area contributed by atoms with Gasteiger partial charge < -0.3 is 4.90 Å². The van der Waals surface area contributed by atoms with Crippen LogP contribution in [0, 0.1) is 5.92 Å². The number of piperidine rings is 1. The molecule has 1 heterocycles. The van der Waals surface area contributed by atoms with Crippen LogP contribution in [0.1, 0.15) is 25.3 Å². The number of carbonyl (C=O) groups excluding carboxylic acids is 1. The van der Waals surface area contributed by atoms with E-state index in [0.29, 0.717) is 24.0 Å². The number of rotatable bonds is 6. The van der Waals surface area contributed by atoms with Crippen molar-refractivity contribution in [1.29, 1.82) is 0 Å². The van der Waals surface area contributed by atoms with Crippen LogP contribution in [0.4, 0.5) is 0 Å². The summed E-state index contributed by atoms with van der Waals surface area (Å²) in [7, 11) is -3.80. The molecule has 1 aliphatic rings. The first-order valence-electron chi connectivity index (χ1n) is 9.43. The number of amides is 1. The molecule has 28 heavy (non-hydrogen) atoms. The first-order valence-corrected chi connectivity index (χ1v) is 11.3.